The van der Waals surface area contributed by atoms with Crippen molar-refractivity contribution >= 4 is 17.8 Å². The van der Waals surface area contributed by atoms with Crippen molar-refractivity contribution in [1.29, 1.82) is 0 Å². The average Bonchev–Trinajstić information content (AvgIpc) is 2.64. The van der Waals surface area contributed by atoms with E-state index in [0.717, 1.165) is 32.1 Å². The van der Waals surface area contributed by atoms with Crippen LogP contribution in [0.25, 0.3) is 0 Å². The highest BCUT2D eigenvalue weighted by molar-refractivity contribution is 5.86. The van der Waals surface area contributed by atoms with E-state index >= 15 is 0 Å². The molecule has 0 saturated heterocycles. The molecule has 0 saturated carbocycles. The summed E-state index contributed by atoms with van der Waals surface area (Å²) in [4.78, 5) is 33.2. The van der Waals surface area contributed by atoms with Crippen molar-refractivity contribution in [2.75, 3.05) is 0 Å². The Morgan fingerprint density at radius 2 is 1.29 bits per heavy atom. The standard InChI is InChI=1S/C22H39NO5/c1-2-3-4-5-6-7-8-9-10-11-12-13-14-15-16-17-20(24)23-19(22(27)28)18-21(25)26/h9-10,19H,2-8,11-18H2,1H3,(H,23,24)(H,25,26)(H,27,28)/b10-9-. The molecule has 0 radical (unpaired) electrons. The van der Waals surface area contributed by atoms with Crippen LogP contribution in [0.4, 0.5) is 0 Å². The number of amides is 1. The molecule has 0 bridgehead atoms. The lowest BCUT2D eigenvalue weighted by molar-refractivity contribution is -0.147. The molecule has 0 aromatic carbocycles. The zero-order valence-corrected chi connectivity index (χ0v) is 17.5. The molecule has 28 heavy (non-hydrogen) atoms. The summed E-state index contributed by atoms with van der Waals surface area (Å²) < 4.78 is 0. The number of carboxylic acid groups (broad SMARTS) is 2. The maximum absolute atomic E-state index is 11.7. The van der Waals surface area contributed by atoms with Gasteiger partial charge in [0.25, 0.3) is 0 Å². The molecule has 0 aliphatic heterocycles. The lowest BCUT2D eigenvalue weighted by Crippen LogP contribution is -2.42. The largest absolute Gasteiger partial charge is 0.481 e. The van der Waals surface area contributed by atoms with Gasteiger partial charge in [-0.1, -0.05) is 70.4 Å². The van der Waals surface area contributed by atoms with Gasteiger partial charge < -0.3 is 15.5 Å². The van der Waals surface area contributed by atoms with Crippen LogP contribution in [0.2, 0.25) is 0 Å². The number of unbranched alkanes of at least 4 members (excludes halogenated alkanes) is 11. The van der Waals surface area contributed by atoms with Crippen molar-refractivity contribution < 1.29 is 24.6 Å². The smallest absolute Gasteiger partial charge is 0.326 e. The minimum absolute atomic E-state index is 0.238. The Hall–Kier alpha value is -1.85. The Morgan fingerprint density at radius 3 is 1.79 bits per heavy atom. The molecule has 162 valence electrons. The van der Waals surface area contributed by atoms with Gasteiger partial charge in [-0.05, 0) is 32.1 Å². The van der Waals surface area contributed by atoms with Crippen LogP contribution in [-0.2, 0) is 14.4 Å². The average molecular weight is 398 g/mol. The van der Waals surface area contributed by atoms with Gasteiger partial charge in [0.15, 0.2) is 0 Å². The van der Waals surface area contributed by atoms with E-state index in [0.29, 0.717) is 6.42 Å². The van der Waals surface area contributed by atoms with E-state index in [2.05, 4.69) is 24.4 Å². The second-order valence-corrected chi connectivity index (χ2v) is 7.39. The van der Waals surface area contributed by atoms with Gasteiger partial charge in [-0.2, -0.15) is 0 Å². The first kappa shape index (κ1) is 26.1. The van der Waals surface area contributed by atoms with E-state index < -0.39 is 30.3 Å². The van der Waals surface area contributed by atoms with Gasteiger partial charge in [0.1, 0.15) is 6.04 Å². The van der Waals surface area contributed by atoms with Crippen LogP contribution in [0.1, 0.15) is 103 Å². The third-order valence-electron chi connectivity index (χ3n) is 4.68. The number of nitrogens with one attached hydrogen (secondary N) is 1. The monoisotopic (exact) mass is 397 g/mol. The SMILES string of the molecule is CCCCCCCC/C=C\CCCCCCCC(=O)NC(CC(=O)O)C(=O)O. The molecule has 3 N–H and O–H groups in total. The minimum atomic E-state index is -1.35. The van der Waals surface area contributed by atoms with E-state index in [1.165, 1.54) is 44.9 Å². The molecule has 0 aliphatic carbocycles. The number of carbonyl (C=O) groups excluding carboxylic acids is 1. The van der Waals surface area contributed by atoms with Crippen LogP contribution in [0, 0.1) is 0 Å². The molecule has 6 nitrogen and oxygen atoms in total. The van der Waals surface area contributed by atoms with Crippen molar-refractivity contribution in [3.63, 3.8) is 0 Å². The van der Waals surface area contributed by atoms with Gasteiger partial charge in [-0.25, -0.2) is 4.79 Å². The molecule has 0 aliphatic rings. The van der Waals surface area contributed by atoms with E-state index in [1.54, 1.807) is 0 Å². The molecular formula is C22H39NO5. The van der Waals surface area contributed by atoms with E-state index in [9.17, 15) is 14.4 Å². The Labute approximate surface area is 169 Å². The number of carbonyl (C=O) groups is 3. The number of hydrogen-bond donors (Lipinski definition) is 3. The molecule has 1 atom stereocenters. The summed E-state index contributed by atoms with van der Waals surface area (Å²) in [7, 11) is 0. The predicted molar refractivity (Wildman–Crippen MR) is 111 cm³/mol. The third-order valence-corrected chi connectivity index (χ3v) is 4.68. The fourth-order valence-electron chi connectivity index (χ4n) is 3.00. The van der Waals surface area contributed by atoms with E-state index in [-0.39, 0.29) is 6.42 Å². The summed E-state index contributed by atoms with van der Waals surface area (Å²) in [5.74, 6) is -2.96. The Bertz CT molecular complexity index is 462. The highest BCUT2D eigenvalue weighted by Crippen LogP contribution is 2.10. The van der Waals surface area contributed by atoms with Gasteiger partial charge >= 0.3 is 11.9 Å². The summed E-state index contributed by atoms with van der Waals surface area (Å²) in [5, 5.41) is 19.8. The van der Waals surface area contributed by atoms with Crippen molar-refractivity contribution in [1.82, 2.24) is 5.32 Å². The molecule has 0 aromatic rings. The molecule has 1 amide bonds. The Balaban J connectivity index is 3.51. The lowest BCUT2D eigenvalue weighted by atomic mass is 10.1. The van der Waals surface area contributed by atoms with Crippen molar-refractivity contribution in [3.8, 4) is 0 Å². The molecule has 1 unspecified atom stereocenters. The van der Waals surface area contributed by atoms with Gasteiger partial charge in [0.05, 0.1) is 6.42 Å². The first-order valence-electron chi connectivity index (χ1n) is 10.9. The van der Waals surface area contributed by atoms with Crippen molar-refractivity contribution in [2.24, 2.45) is 0 Å². The third kappa shape index (κ3) is 17.6. The Kier molecular flexibility index (Phi) is 17.3. The summed E-state index contributed by atoms with van der Waals surface area (Å²) >= 11 is 0. The van der Waals surface area contributed by atoms with E-state index in [4.69, 9.17) is 10.2 Å². The highest BCUT2D eigenvalue weighted by Gasteiger charge is 2.22. The number of aliphatic carboxylic acids is 2. The fraction of sp³-hybridized carbons (Fsp3) is 0.773. The second kappa shape index (κ2) is 18.5. The van der Waals surface area contributed by atoms with Crippen LogP contribution in [0.3, 0.4) is 0 Å². The van der Waals surface area contributed by atoms with Crippen molar-refractivity contribution in [2.45, 2.75) is 109 Å². The summed E-state index contributed by atoms with van der Waals surface area (Å²) in [6, 6.07) is -1.35. The first-order chi connectivity index (χ1) is 13.5. The summed E-state index contributed by atoms with van der Waals surface area (Å²) in [6.45, 7) is 2.24. The molecule has 6 heteroatoms. The molecular weight excluding hydrogens is 358 g/mol. The Morgan fingerprint density at radius 1 is 0.786 bits per heavy atom. The van der Waals surface area contributed by atoms with Gasteiger partial charge in [-0.15, -0.1) is 0 Å². The normalized spacial score (nSPS) is 12.2. The fourth-order valence-corrected chi connectivity index (χ4v) is 3.00. The summed E-state index contributed by atoms with van der Waals surface area (Å²) in [5.41, 5.74) is 0. The molecule has 0 spiro atoms. The summed E-state index contributed by atoms with van der Waals surface area (Å²) in [6.07, 6.45) is 19.4. The first-order valence-corrected chi connectivity index (χ1v) is 10.9. The molecule has 0 rings (SSSR count). The van der Waals surface area contributed by atoms with Gasteiger partial charge in [0.2, 0.25) is 5.91 Å². The van der Waals surface area contributed by atoms with Crippen LogP contribution < -0.4 is 5.32 Å². The van der Waals surface area contributed by atoms with Crippen LogP contribution in [-0.4, -0.2) is 34.1 Å². The second-order valence-electron chi connectivity index (χ2n) is 7.39. The molecule has 0 aromatic heterocycles. The molecule has 0 fully saturated rings. The zero-order valence-electron chi connectivity index (χ0n) is 17.5. The van der Waals surface area contributed by atoms with Gasteiger partial charge in [0, 0.05) is 6.42 Å². The maximum atomic E-state index is 11.7. The zero-order chi connectivity index (χ0) is 21.0. The maximum Gasteiger partial charge on any atom is 0.326 e. The number of rotatable bonds is 19. The minimum Gasteiger partial charge on any atom is -0.481 e. The van der Waals surface area contributed by atoms with E-state index in [1.807, 2.05) is 0 Å². The van der Waals surface area contributed by atoms with Crippen LogP contribution >= 0.6 is 0 Å². The van der Waals surface area contributed by atoms with Crippen LogP contribution in [0.15, 0.2) is 12.2 Å². The highest BCUT2D eigenvalue weighted by atomic mass is 16.4. The number of allylic oxidation sites excluding steroid dienone is 2. The number of carboxylic acids is 2. The van der Waals surface area contributed by atoms with Gasteiger partial charge in [-0.3, -0.25) is 9.59 Å². The van der Waals surface area contributed by atoms with Crippen molar-refractivity contribution in [3.05, 3.63) is 12.2 Å². The molecule has 0 heterocycles. The topological polar surface area (TPSA) is 104 Å². The number of hydrogen-bond acceptors (Lipinski definition) is 3. The predicted octanol–water partition coefficient (Wildman–Crippen LogP) is 5.07. The lowest BCUT2D eigenvalue weighted by Gasteiger charge is -2.12. The quantitative estimate of drug-likeness (QED) is 0.209. The van der Waals surface area contributed by atoms with Crippen LogP contribution in [0.5, 0.6) is 0 Å².